The van der Waals surface area contributed by atoms with Gasteiger partial charge in [0.25, 0.3) is 0 Å². The van der Waals surface area contributed by atoms with E-state index in [0.29, 0.717) is 58.0 Å². The Kier molecular flexibility index (Phi) is 14.3. The number of rotatable bonds is 16. The van der Waals surface area contributed by atoms with Crippen LogP contribution in [-0.4, -0.2) is 112 Å². The van der Waals surface area contributed by atoms with Gasteiger partial charge in [-0.1, -0.05) is 13.8 Å². The molecule has 2 rings (SSSR count). The van der Waals surface area contributed by atoms with Gasteiger partial charge in [0.05, 0.1) is 6.04 Å². The Morgan fingerprint density at radius 2 is 1.48 bits per heavy atom. The first-order valence-electron chi connectivity index (χ1n) is 14.6. The number of carboxylic acid groups (broad SMARTS) is 1. The van der Waals surface area contributed by atoms with Crippen LogP contribution < -0.4 is 27.8 Å². The predicted octanol–water partition coefficient (Wildman–Crippen LogP) is -0.797. The molecule has 15 heteroatoms. The number of nitrogens with one attached hydrogen (secondary N) is 2. The van der Waals surface area contributed by atoms with Gasteiger partial charge in [-0.15, -0.1) is 0 Å². The first-order valence-corrected chi connectivity index (χ1v) is 16.0. The summed E-state index contributed by atoms with van der Waals surface area (Å²) < 4.78 is 0. The number of amides is 4. The molecule has 0 spiro atoms. The van der Waals surface area contributed by atoms with Crippen LogP contribution in [0.1, 0.15) is 65.2 Å². The fourth-order valence-corrected chi connectivity index (χ4v) is 5.87. The number of aliphatic carboxylic acids is 1. The van der Waals surface area contributed by atoms with Crippen molar-refractivity contribution in [1.82, 2.24) is 20.4 Å². The Labute approximate surface area is 251 Å². The van der Waals surface area contributed by atoms with E-state index in [1.807, 2.05) is 20.1 Å². The molecule has 0 aliphatic carbocycles. The Hall–Kier alpha value is -3.07. The molecule has 5 atom stereocenters. The highest BCUT2D eigenvalue weighted by molar-refractivity contribution is 7.98. The minimum atomic E-state index is -1.20. The molecular formula is C27H48N8O6S. The summed E-state index contributed by atoms with van der Waals surface area (Å²) in [5.74, 6) is -2.15. The molecule has 14 nitrogen and oxygen atoms in total. The number of thioether (sulfide) groups is 1. The zero-order chi connectivity index (χ0) is 31.4. The van der Waals surface area contributed by atoms with Gasteiger partial charge < -0.3 is 42.7 Å². The van der Waals surface area contributed by atoms with E-state index in [4.69, 9.17) is 17.2 Å². The number of carbonyl (C=O) groups excluding carboxylic acids is 4. The molecule has 2 aliphatic rings. The van der Waals surface area contributed by atoms with Crippen LogP contribution in [0.4, 0.5) is 0 Å². The van der Waals surface area contributed by atoms with E-state index in [0.717, 1.165) is 5.75 Å². The Morgan fingerprint density at radius 3 is 1.98 bits per heavy atom. The van der Waals surface area contributed by atoms with Crippen LogP contribution in [0.25, 0.3) is 0 Å². The zero-order valence-corrected chi connectivity index (χ0v) is 25.7. The van der Waals surface area contributed by atoms with Gasteiger partial charge in [-0.3, -0.25) is 24.2 Å². The van der Waals surface area contributed by atoms with Gasteiger partial charge in [-0.25, -0.2) is 4.79 Å². The summed E-state index contributed by atoms with van der Waals surface area (Å²) in [5.41, 5.74) is 16.7. The third-order valence-corrected chi connectivity index (χ3v) is 8.15. The van der Waals surface area contributed by atoms with Gasteiger partial charge in [-0.2, -0.15) is 11.8 Å². The highest BCUT2D eigenvalue weighted by Gasteiger charge is 2.41. The summed E-state index contributed by atoms with van der Waals surface area (Å²) in [6.45, 7) is 4.81. The standard InChI is InChI=1S/C27H48N8O6S/c1-16(2)15-19(33-23(37)20-8-5-12-34(20)24(38)17(28)10-14-42-3)25(39)35-13-6-9-21(35)22(36)32-18(26(40)41)7-4-11-31-27(29)30/h16-21H,4-15,28H2,1-3H3,(H,32,36)(H,33,37)(H,40,41)(H4,29,30,31)/t17-,18-,19-,20-,21-/m0/s1. The van der Waals surface area contributed by atoms with Crippen LogP contribution in [0.5, 0.6) is 0 Å². The van der Waals surface area contributed by atoms with E-state index in [2.05, 4.69) is 15.6 Å². The first kappa shape index (κ1) is 35.1. The first-order chi connectivity index (χ1) is 19.9. The summed E-state index contributed by atoms with van der Waals surface area (Å²) in [7, 11) is 0. The van der Waals surface area contributed by atoms with Crippen LogP contribution in [-0.2, 0) is 24.0 Å². The van der Waals surface area contributed by atoms with Gasteiger partial charge >= 0.3 is 5.97 Å². The maximum absolute atomic E-state index is 13.8. The summed E-state index contributed by atoms with van der Waals surface area (Å²) in [6.07, 6.45) is 5.31. The lowest BCUT2D eigenvalue weighted by Crippen LogP contribution is -2.58. The third kappa shape index (κ3) is 10.3. The molecule has 238 valence electrons. The number of guanidine groups is 1. The van der Waals surface area contributed by atoms with Crippen LogP contribution in [0.15, 0.2) is 4.99 Å². The molecule has 0 aromatic rings. The molecule has 9 N–H and O–H groups in total. The average Bonchev–Trinajstić information content (AvgIpc) is 3.62. The number of likely N-dealkylation sites (tertiary alicyclic amines) is 2. The van der Waals surface area contributed by atoms with E-state index in [1.54, 1.807) is 11.8 Å². The van der Waals surface area contributed by atoms with Crippen molar-refractivity contribution < 1.29 is 29.1 Å². The molecule has 42 heavy (non-hydrogen) atoms. The van der Waals surface area contributed by atoms with Crippen molar-refractivity contribution in [3.63, 3.8) is 0 Å². The molecule has 2 fully saturated rings. The van der Waals surface area contributed by atoms with E-state index in [-0.39, 0.29) is 30.8 Å². The normalized spacial score (nSPS) is 20.6. The smallest absolute Gasteiger partial charge is 0.326 e. The molecule has 0 aromatic heterocycles. The number of carbonyl (C=O) groups is 5. The second-order valence-electron chi connectivity index (χ2n) is 11.3. The van der Waals surface area contributed by atoms with Crippen LogP contribution in [0.3, 0.4) is 0 Å². The van der Waals surface area contributed by atoms with Crippen molar-refractivity contribution in [3.05, 3.63) is 0 Å². The van der Waals surface area contributed by atoms with Gasteiger partial charge in [0, 0.05) is 19.6 Å². The molecule has 4 amide bonds. The Morgan fingerprint density at radius 1 is 0.929 bits per heavy atom. The molecular weight excluding hydrogens is 564 g/mol. The third-order valence-electron chi connectivity index (χ3n) is 7.51. The topological polar surface area (TPSA) is 227 Å². The lowest BCUT2D eigenvalue weighted by atomic mass is 10.0. The van der Waals surface area contributed by atoms with Crippen LogP contribution >= 0.6 is 11.8 Å². The molecule has 2 heterocycles. The van der Waals surface area contributed by atoms with Gasteiger partial charge in [0.2, 0.25) is 23.6 Å². The van der Waals surface area contributed by atoms with Crippen molar-refractivity contribution in [2.45, 2.75) is 95.4 Å². The fraction of sp³-hybridized carbons (Fsp3) is 0.778. The quantitative estimate of drug-likeness (QED) is 0.0722. The lowest BCUT2D eigenvalue weighted by molar-refractivity contribution is -0.145. The number of nitrogens with zero attached hydrogens (tertiary/aromatic N) is 3. The second kappa shape index (κ2) is 17.1. The molecule has 0 aromatic carbocycles. The van der Waals surface area contributed by atoms with Gasteiger partial charge in [0.1, 0.15) is 24.2 Å². The molecule has 0 radical (unpaired) electrons. The molecule has 0 unspecified atom stereocenters. The van der Waals surface area contributed by atoms with Crippen molar-refractivity contribution in [2.24, 2.45) is 28.1 Å². The highest BCUT2D eigenvalue weighted by atomic mass is 32.2. The molecule has 2 saturated heterocycles. The summed E-state index contributed by atoms with van der Waals surface area (Å²) in [4.78, 5) is 71.9. The molecule has 2 aliphatic heterocycles. The van der Waals surface area contributed by atoms with Crippen molar-refractivity contribution >= 4 is 47.3 Å². The SMILES string of the molecule is CSCC[C@H](N)C(=O)N1CCC[C@H]1C(=O)N[C@@H](CC(C)C)C(=O)N1CCC[C@H]1C(=O)N[C@@H](CCCN=C(N)N)C(=O)O. The van der Waals surface area contributed by atoms with Gasteiger partial charge in [-0.05, 0) is 69.3 Å². The Balaban J connectivity index is 2.10. The minimum absolute atomic E-state index is 0.0528. The largest absolute Gasteiger partial charge is 0.480 e. The van der Waals surface area contributed by atoms with Crippen LogP contribution in [0.2, 0.25) is 0 Å². The van der Waals surface area contributed by atoms with Crippen molar-refractivity contribution in [2.75, 3.05) is 31.6 Å². The molecule has 0 bridgehead atoms. The number of nitrogens with two attached hydrogens (primary N) is 3. The number of carboxylic acids is 1. The average molecular weight is 613 g/mol. The lowest BCUT2D eigenvalue weighted by Gasteiger charge is -2.32. The van der Waals surface area contributed by atoms with E-state index in [9.17, 15) is 29.1 Å². The van der Waals surface area contributed by atoms with Crippen molar-refractivity contribution in [1.29, 1.82) is 0 Å². The van der Waals surface area contributed by atoms with E-state index >= 15 is 0 Å². The highest BCUT2D eigenvalue weighted by Crippen LogP contribution is 2.23. The summed E-state index contributed by atoms with van der Waals surface area (Å²) in [5, 5.41) is 15.0. The van der Waals surface area contributed by atoms with Crippen LogP contribution in [0, 0.1) is 5.92 Å². The number of aliphatic imine (C=N–C) groups is 1. The maximum Gasteiger partial charge on any atom is 0.326 e. The monoisotopic (exact) mass is 612 g/mol. The van der Waals surface area contributed by atoms with Crippen molar-refractivity contribution in [3.8, 4) is 0 Å². The predicted molar refractivity (Wildman–Crippen MR) is 161 cm³/mol. The second-order valence-corrected chi connectivity index (χ2v) is 12.3. The van der Waals surface area contributed by atoms with E-state index in [1.165, 1.54) is 9.80 Å². The fourth-order valence-electron chi connectivity index (χ4n) is 5.38. The maximum atomic E-state index is 13.8. The zero-order valence-electron chi connectivity index (χ0n) is 24.9. The molecule has 0 saturated carbocycles. The number of hydrogen-bond acceptors (Lipinski definition) is 8. The minimum Gasteiger partial charge on any atom is -0.480 e. The van der Waals surface area contributed by atoms with E-state index < -0.39 is 53.9 Å². The summed E-state index contributed by atoms with van der Waals surface area (Å²) in [6, 6.07) is -4.33. The summed E-state index contributed by atoms with van der Waals surface area (Å²) >= 11 is 1.60. The number of hydrogen-bond donors (Lipinski definition) is 6. The van der Waals surface area contributed by atoms with Gasteiger partial charge in [0.15, 0.2) is 5.96 Å². The Bertz CT molecular complexity index is 992.